The Bertz CT molecular complexity index is 758. The summed E-state index contributed by atoms with van der Waals surface area (Å²) in [4.78, 5) is 28.0. The Morgan fingerprint density at radius 3 is 2.58 bits per heavy atom. The normalized spacial score (nSPS) is 20.3. The smallest absolute Gasteiger partial charge is 0.228 e. The van der Waals surface area contributed by atoms with E-state index in [0.717, 1.165) is 50.8 Å². The number of nitrogens with zero attached hydrogens (tertiary/aromatic N) is 5. The van der Waals surface area contributed by atoms with Crippen molar-refractivity contribution in [1.82, 2.24) is 14.9 Å². The van der Waals surface area contributed by atoms with Crippen LogP contribution in [0.2, 0.25) is 0 Å². The SMILES string of the molecule is CC1Cc2ccccc2N1C(=O)CCN1CCN(c2ncccn2)CC1. The van der Waals surface area contributed by atoms with Crippen LogP contribution < -0.4 is 9.80 Å². The molecule has 1 atom stereocenters. The number of hydrogen-bond acceptors (Lipinski definition) is 5. The molecule has 1 aromatic heterocycles. The van der Waals surface area contributed by atoms with Crippen molar-refractivity contribution in [2.75, 3.05) is 42.5 Å². The van der Waals surface area contributed by atoms with Gasteiger partial charge in [0.25, 0.3) is 0 Å². The van der Waals surface area contributed by atoms with Crippen LogP contribution in [0, 0.1) is 0 Å². The highest BCUT2D eigenvalue weighted by Crippen LogP contribution is 2.32. The minimum atomic E-state index is 0.233. The molecule has 136 valence electrons. The fraction of sp³-hybridized carbons (Fsp3) is 0.450. The minimum absolute atomic E-state index is 0.233. The van der Waals surface area contributed by atoms with E-state index in [1.165, 1.54) is 5.56 Å². The van der Waals surface area contributed by atoms with Crippen LogP contribution in [0.1, 0.15) is 18.9 Å². The van der Waals surface area contributed by atoms with Gasteiger partial charge in [-0.25, -0.2) is 9.97 Å². The summed E-state index contributed by atoms with van der Waals surface area (Å²) in [6, 6.07) is 10.4. The van der Waals surface area contributed by atoms with Crippen molar-refractivity contribution in [1.29, 1.82) is 0 Å². The van der Waals surface area contributed by atoms with Gasteiger partial charge in [0.15, 0.2) is 0 Å². The lowest BCUT2D eigenvalue weighted by Crippen LogP contribution is -2.48. The Kier molecular flexibility index (Phi) is 4.84. The van der Waals surface area contributed by atoms with Crippen LogP contribution in [-0.2, 0) is 11.2 Å². The first kappa shape index (κ1) is 17.0. The Morgan fingerprint density at radius 2 is 1.81 bits per heavy atom. The molecule has 1 amide bonds. The third kappa shape index (κ3) is 3.42. The average molecular weight is 351 g/mol. The maximum Gasteiger partial charge on any atom is 0.228 e. The molecule has 2 aliphatic heterocycles. The van der Waals surface area contributed by atoms with Crippen molar-refractivity contribution < 1.29 is 4.79 Å². The third-order valence-corrected chi connectivity index (χ3v) is 5.33. The van der Waals surface area contributed by atoms with E-state index in [1.807, 2.05) is 17.0 Å². The number of carbonyl (C=O) groups is 1. The second kappa shape index (κ2) is 7.41. The van der Waals surface area contributed by atoms with Crippen LogP contribution in [0.3, 0.4) is 0 Å². The summed E-state index contributed by atoms with van der Waals surface area (Å²) in [5.41, 5.74) is 2.38. The van der Waals surface area contributed by atoms with E-state index in [4.69, 9.17) is 0 Å². The quantitative estimate of drug-likeness (QED) is 0.843. The second-order valence-electron chi connectivity index (χ2n) is 7.07. The van der Waals surface area contributed by atoms with Crippen molar-refractivity contribution in [2.24, 2.45) is 0 Å². The largest absolute Gasteiger partial charge is 0.338 e. The number of carbonyl (C=O) groups excluding carboxylic acids is 1. The summed E-state index contributed by atoms with van der Waals surface area (Å²) in [6.07, 6.45) is 5.09. The zero-order chi connectivity index (χ0) is 17.9. The number of rotatable bonds is 4. The first-order valence-corrected chi connectivity index (χ1v) is 9.36. The lowest BCUT2D eigenvalue weighted by atomic mass is 10.1. The van der Waals surface area contributed by atoms with E-state index in [2.05, 4.69) is 44.9 Å². The minimum Gasteiger partial charge on any atom is -0.338 e. The van der Waals surface area contributed by atoms with Crippen molar-refractivity contribution in [3.05, 3.63) is 48.3 Å². The number of anilines is 2. The molecule has 6 nitrogen and oxygen atoms in total. The van der Waals surface area contributed by atoms with E-state index < -0.39 is 0 Å². The number of benzene rings is 1. The molecule has 0 bridgehead atoms. The van der Waals surface area contributed by atoms with Crippen LogP contribution in [-0.4, -0.2) is 59.5 Å². The van der Waals surface area contributed by atoms with Crippen LogP contribution >= 0.6 is 0 Å². The van der Waals surface area contributed by atoms with E-state index in [9.17, 15) is 4.79 Å². The number of fused-ring (bicyclic) bond motifs is 1. The summed E-state index contributed by atoms with van der Waals surface area (Å²) >= 11 is 0. The summed E-state index contributed by atoms with van der Waals surface area (Å²) in [5, 5.41) is 0. The van der Waals surface area contributed by atoms with Gasteiger partial charge in [0.1, 0.15) is 0 Å². The molecule has 26 heavy (non-hydrogen) atoms. The second-order valence-corrected chi connectivity index (χ2v) is 7.07. The standard InChI is InChI=1S/C20H25N5O/c1-16-15-17-5-2-3-6-18(17)25(16)19(26)7-10-23-11-13-24(14-12-23)20-21-8-4-9-22-20/h2-6,8-9,16H,7,10-15H2,1H3. The number of aromatic nitrogens is 2. The first-order chi connectivity index (χ1) is 12.7. The Balaban J connectivity index is 1.29. The monoisotopic (exact) mass is 351 g/mol. The van der Waals surface area contributed by atoms with Gasteiger partial charge in [-0.15, -0.1) is 0 Å². The maximum atomic E-state index is 12.8. The van der Waals surface area contributed by atoms with Crippen LogP contribution in [0.25, 0.3) is 0 Å². The molecular formula is C20H25N5O. The molecule has 6 heteroatoms. The molecule has 0 N–H and O–H groups in total. The van der Waals surface area contributed by atoms with Gasteiger partial charge in [0.2, 0.25) is 11.9 Å². The molecule has 1 unspecified atom stereocenters. The fourth-order valence-electron chi connectivity index (χ4n) is 3.95. The summed E-state index contributed by atoms with van der Waals surface area (Å²) < 4.78 is 0. The highest BCUT2D eigenvalue weighted by Gasteiger charge is 2.30. The predicted octanol–water partition coefficient (Wildman–Crippen LogP) is 1.97. The molecule has 0 radical (unpaired) electrons. The zero-order valence-corrected chi connectivity index (χ0v) is 15.2. The van der Waals surface area contributed by atoms with Gasteiger partial charge in [-0.3, -0.25) is 9.69 Å². The molecular weight excluding hydrogens is 326 g/mol. The molecule has 1 aromatic carbocycles. The van der Waals surface area contributed by atoms with E-state index in [1.54, 1.807) is 12.4 Å². The van der Waals surface area contributed by atoms with E-state index in [0.29, 0.717) is 6.42 Å². The van der Waals surface area contributed by atoms with Crippen LogP contribution in [0.15, 0.2) is 42.7 Å². The molecule has 1 fully saturated rings. The summed E-state index contributed by atoms with van der Waals surface area (Å²) in [7, 11) is 0. The molecule has 0 spiro atoms. The molecule has 2 aromatic rings. The van der Waals surface area contributed by atoms with Gasteiger partial charge < -0.3 is 9.80 Å². The number of piperazine rings is 1. The Labute approximate surface area is 154 Å². The molecule has 4 rings (SSSR count). The van der Waals surface area contributed by atoms with E-state index in [-0.39, 0.29) is 11.9 Å². The lowest BCUT2D eigenvalue weighted by Gasteiger charge is -2.35. The van der Waals surface area contributed by atoms with Crippen molar-refractivity contribution >= 4 is 17.5 Å². The molecule has 2 aliphatic rings. The fourth-order valence-corrected chi connectivity index (χ4v) is 3.95. The van der Waals surface area contributed by atoms with Gasteiger partial charge in [-0.05, 0) is 31.0 Å². The van der Waals surface area contributed by atoms with Crippen molar-refractivity contribution in [2.45, 2.75) is 25.8 Å². The summed E-state index contributed by atoms with van der Waals surface area (Å²) in [5.74, 6) is 1.03. The Morgan fingerprint density at radius 1 is 1.08 bits per heavy atom. The van der Waals surface area contributed by atoms with Crippen LogP contribution in [0.5, 0.6) is 0 Å². The number of para-hydroxylation sites is 1. The molecule has 0 saturated carbocycles. The molecule has 0 aliphatic carbocycles. The molecule has 3 heterocycles. The first-order valence-electron chi connectivity index (χ1n) is 9.36. The van der Waals surface area contributed by atoms with E-state index >= 15 is 0 Å². The van der Waals surface area contributed by atoms with Gasteiger partial charge in [-0.2, -0.15) is 0 Å². The highest BCUT2D eigenvalue weighted by atomic mass is 16.2. The Hall–Kier alpha value is -2.47. The predicted molar refractivity (Wildman–Crippen MR) is 102 cm³/mol. The van der Waals surface area contributed by atoms with Gasteiger partial charge in [-0.1, -0.05) is 18.2 Å². The van der Waals surface area contributed by atoms with Crippen LogP contribution in [0.4, 0.5) is 11.6 Å². The van der Waals surface area contributed by atoms with Gasteiger partial charge in [0, 0.05) is 63.3 Å². The number of amides is 1. The van der Waals surface area contributed by atoms with Gasteiger partial charge in [0.05, 0.1) is 0 Å². The van der Waals surface area contributed by atoms with Gasteiger partial charge >= 0.3 is 0 Å². The third-order valence-electron chi connectivity index (χ3n) is 5.33. The molecule has 1 saturated heterocycles. The number of hydrogen-bond donors (Lipinski definition) is 0. The lowest BCUT2D eigenvalue weighted by molar-refractivity contribution is -0.119. The van der Waals surface area contributed by atoms with Crippen molar-refractivity contribution in [3.8, 4) is 0 Å². The van der Waals surface area contributed by atoms with Crippen molar-refractivity contribution in [3.63, 3.8) is 0 Å². The summed E-state index contributed by atoms with van der Waals surface area (Å²) in [6.45, 7) is 6.64. The zero-order valence-electron chi connectivity index (χ0n) is 15.2. The maximum absolute atomic E-state index is 12.8. The highest BCUT2D eigenvalue weighted by molar-refractivity contribution is 5.96. The topological polar surface area (TPSA) is 52.6 Å². The average Bonchev–Trinajstić information content (AvgIpc) is 3.03.